The number of piperidine rings is 1. The largest absolute Gasteiger partial charge is 0.378 e. The predicted octanol–water partition coefficient (Wildman–Crippen LogP) is 1.81. The van der Waals surface area contributed by atoms with Crippen molar-refractivity contribution in [3.63, 3.8) is 0 Å². The molecule has 27 heavy (non-hydrogen) atoms. The van der Waals surface area contributed by atoms with E-state index in [9.17, 15) is 0 Å². The molecule has 2 atom stereocenters. The van der Waals surface area contributed by atoms with Crippen molar-refractivity contribution < 1.29 is 4.74 Å². The summed E-state index contributed by atoms with van der Waals surface area (Å²) in [7, 11) is 0. The minimum atomic E-state index is 0.268. The van der Waals surface area contributed by atoms with Gasteiger partial charge in [-0.25, -0.2) is 9.97 Å². The van der Waals surface area contributed by atoms with Gasteiger partial charge in [-0.3, -0.25) is 9.88 Å². The fraction of sp³-hybridized carbons (Fsp3) is 0.550. The number of nitrogens with one attached hydrogen (secondary N) is 2. The molecule has 7 heteroatoms. The van der Waals surface area contributed by atoms with Crippen LogP contribution in [-0.4, -0.2) is 58.2 Å². The zero-order valence-corrected chi connectivity index (χ0v) is 15.5. The maximum Gasteiger partial charge on any atom is 0.163 e. The van der Waals surface area contributed by atoms with Crippen molar-refractivity contribution >= 4 is 5.82 Å². The number of likely N-dealkylation sites (tertiary alicyclic amines) is 1. The van der Waals surface area contributed by atoms with Crippen LogP contribution in [0, 0.1) is 0 Å². The third-order valence-electron chi connectivity index (χ3n) is 5.84. The van der Waals surface area contributed by atoms with Gasteiger partial charge in [0.1, 0.15) is 5.82 Å². The van der Waals surface area contributed by atoms with Gasteiger partial charge in [0.05, 0.1) is 31.0 Å². The van der Waals surface area contributed by atoms with Gasteiger partial charge in [0.15, 0.2) is 5.82 Å². The number of hydrogen-bond acceptors (Lipinski definition) is 7. The molecule has 2 N–H and O–H groups in total. The third kappa shape index (κ3) is 3.42. The molecule has 2 aromatic heterocycles. The van der Waals surface area contributed by atoms with Gasteiger partial charge < -0.3 is 15.4 Å². The molecule has 2 fully saturated rings. The highest BCUT2D eigenvalue weighted by Crippen LogP contribution is 2.28. The van der Waals surface area contributed by atoms with Crippen molar-refractivity contribution in [1.82, 2.24) is 25.2 Å². The molecule has 0 aromatic carbocycles. The van der Waals surface area contributed by atoms with E-state index in [2.05, 4.69) is 20.5 Å². The van der Waals surface area contributed by atoms with Gasteiger partial charge in [0.25, 0.3) is 0 Å². The van der Waals surface area contributed by atoms with Crippen molar-refractivity contribution in [3.05, 3.63) is 35.8 Å². The van der Waals surface area contributed by atoms with E-state index >= 15 is 0 Å². The molecule has 7 nitrogen and oxygen atoms in total. The maximum atomic E-state index is 5.86. The number of fused-ring (bicyclic) bond motifs is 1. The van der Waals surface area contributed by atoms with Crippen LogP contribution >= 0.6 is 0 Å². The fourth-order valence-corrected chi connectivity index (χ4v) is 4.38. The molecule has 0 amide bonds. The lowest BCUT2D eigenvalue weighted by atomic mass is 10.0. The van der Waals surface area contributed by atoms with Gasteiger partial charge in [0.2, 0.25) is 0 Å². The highest BCUT2D eigenvalue weighted by Gasteiger charge is 2.35. The minimum absolute atomic E-state index is 0.268. The summed E-state index contributed by atoms with van der Waals surface area (Å²) in [4.78, 5) is 16.5. The van der Waals surface area contributed by atoms with Gasteiger partial charge in [0, 0.05) is 36.6 Å². The number of nitrogens with zero attached hydrogens (tertiary/aromatic N) is 4. The van der Waals surface area contributed by atoms with E-state index in [0.29, 0.717) is 6.04 Å². The zero-order chi connectivity index (χ0) is 18.1. The fourth-order valence-electron chi connectivity index (χ4n) is 4.38. The molecule has 0 radical (unpaired) electrons. The molecular weight excluding hydrogens is 340 g/mol. The van der Waals surface area contributed by atoms with Crippen LogP contribution in [0.5, 0.6) is 0 Å². The van der Waals surface area contributed by atoms with Crippen LogP contribution < -0.4 is 10.6 Å². The normalized spacial score (nSPS) is 25.5. The Morgan fingerprint density at radius 2 is 2.04 bits per heavy atom. The topological polar surface area (TPSA) is 75.2 Å². The molecule has 3 aliphatic heterocycles. The van der Waals surface area contributed by atoms with Crippen molar-refractivity contribution in [3.8, 4) is 11.4 Å². The summed E-state index contributed by atoms with van der Waals surface area (Å²) in [6, 6.07) is 4.63. The van der Waals surface area contributed by atoms with E-state index in [4.69, 9.17) is 14.7 Å². The molecular formula is C20H26N6O. The Labute approximate surface area is 159 Å². The standard InChI is InChI=1S/C20H26N6O/c1-2-7-26(8-3-1)18-13-27-12-17(18)24-20-15-10-22-11-16(15)23-19(25-20)14-5-4-6-21-9-14/h4-6,9,17-18,22H,1-3,7-8,10-13H2,(H,23,24,25)/t17-,18-/m0/s1. The summed E-state index contributed by atoms with van der Waals surface area (Å²) >= 11 is 0. The van der Waals surface area contributed by atoms with Crippen molar-refractivity contribution in [2.45, 2.75) is 44.4 Å². The van der Waals surface area contributed by atoms with Gasteiger partial charge >= 0.3 is 0 Å². The summed E-state index contributed by atoms with van der Waals surface area (Å²) in [5.74, 6) is 1.68. The molecule has 0 spiro atoms. The van der Waals surface area contributed by atoms with Gasteiger partial charge in [-0.1, -0.05) is 6.42 Å². The van der Waals surface area contributed by atoms with Crippen molar-refractivity contribution in [2.75, 3.05) is 31.6 Å². The second-order valence-electron chi connectivity index (χ2n) is 7.62. The Bertz CT molecular complexity index is 793. The Morgan fingerprint density at radius 3 is 2.89 bits per heavy atom. The van der Waals surface area contributed by atoms with Crippen molar-refractivity contribution in [1.29, 1.82) is 0 Å². The number of pyridine rings is 1. The second-order valence-corrected chi connectivity index (χ2v) is 7.62. The molecule has 0 unspecified atom stereocenters. The number of aromatic nitrogens is 3. The smallest absolute Gasteiger partial charge is 0.163 e. The van der Waals surface area contributed by atoms with Crippen LogP contribution in [0.15, 0.2) is 24.5 Å². The first-order chi connectivity index (χ1) is 13.4. The van der Waals surface area contributed by atoms with Crippen LogP contribution in [-0.2, 0) is 17.8 Å². The highest BCUT2D eigenvalue weighted by atomic mass is 16.5. The molecule has 0 aliphatic carbocycles. The highest BCUT2D eigenvalue weighted by molar-refractivity contribution is 5.60. The van der Waals surface area contributed by atoms with E-state index in [1.165, 1.54) is 37.9 Å². The molecule has 142 valence electrons. The zero-order valence-electron chi connectivity index (χ0n) is 15.5. The average Bonchev–Trinajstić information content (AvgIpc) is 3.39. The molecule has 2 saturated heterocycles. The summed E-state index contributed by atoms with van der Waals surface area (Å²) in [5, 5.41) is 7.13. The molecule has 3 aliphatic rings. The summed E-state index contributed by atoms with van der Waals surface area (Å²) < 4.78 is 5.86. The maximum absolute atomic E-state index is 5.86. The third-order valence-corrected chi connectivity index (χ3v) is 5.84. The lowest BCUT2D eigenvalue weighted by molar-refractivity contribution is 0.127. The molecule has 0 saturated carbocycles. The molecule has 5 heterocycles. The molecule has 0 bridgehead atoms. The van der Waals surface area contributed by atoms with Gasteiger partial charge in [-0.05, 0) is 38.1 Å². The van der Waals surface area contributed by atoms with E-state index < -0.39 is 0 Å². The van der Waals surface area contributed by atoms with Crippen LogP contribution in [0.1, 0.15) is 30.5 Å². The molecule has 5 rings (SSSR count). The number of hydrogen-bond donors (Lipinski definition) is 2. The second kappa shape index (κ2) is 7.50. The number of anilines is 1. The van der Waals surface area contributed by atoms with Crippen LogP contribution in [0.4, 0.5) is 5.82 Å². The SMILES string of the molecule is c1cncc(-c2nc3c(c(N[C@H]4COC[C@@H]4N4CCCCC4)n2)CNC3)c1. The lowest BCUT2D eigenvalue weighted by Gasteiger charge is -2.35. The first-order valence-electron chi connectivity index (χ1n) is 9.98. The van der Waals surface area contributed by atoms with E-state index in [1.807, 2.05) is 18.3 Å². The number of rotatable bonds is 4. The monoisotopic (exact) mass is 366 g/mol. The quantitative estimate of drug-likeness (QED) is 0.855. The van der Waals surface area contributed by atoms with Gasteiger partial charge in [-0.15, -0.1) is 0 Å². The first kappa shape index (κ1) is 17.0. The Morgan fingerprint density at radius 1 is 1.11 bits per heavy atom. The van der Waals surface area contributed by atoms with Crippen molar-refractivity contribution in [2.24, 2.45) is 0 Å². The van der Waals surface area contributed by atoms with E-state index in [-0.39, 0.29) is 6.04 Å². The Kier molecular flexibility index (Phi) is 4.73. The van der Waals surface area contributed by atoms with Crippen LogP contribution in [0.3, 0.4) is 0 Å². The van der Waals surface area contributed by atoms with Crippen LogP contribution in [0.2, 0.25) is 0 Å². The van der Waals surface area contributed by atoms with Crippen LogP contribution in [0.25, 0.3) is 11.4 Å². The minimum Gasteiger partial charge on any atom is -0.378 e. The average molecular weight is 366 g/mol. The van der Waals surface area contributed by atoms with E-state index in [1.54, 1.807) is 6.20 Å². The summed E-state index contributed by atoms with van der Waals surface area (Å²) in [5.41, 5.74) is 3.22. The predicted molar refractivity (Wildman–Crippen MR) is 103 cm³/mol. The lowest BCUT2D eigenvalue weighted by Crippen LogP contribution is -2.48. The Hall–Kier alpha value is -2.09. The van der Waals surface area contributed by atoms with E-state index in [0.717, 1.165) is 49.2 Å². The summed E-state index contributed by atoms with van der Waals surface area (Å²) in [6.07, 6.45) is 7.53. The summed E-state index contributed by atoms with van der Waals surface area (Å²) in [6.45, 7) is 5.49. The number of ether oxygens (including phenoxy) is 1. The van der Waals surface area contributed by atoms with Gasteiger partial charge in [-0.2, -0.15) is 0 Å². The Balaban J connectivity index is 1.43. The molecule has 2 aromatic rings. The first-order valence-corrected chi connectivity index (χ1v) is 9.98.